The van der Waals surface area contributed by atoms with E-state index in [0.29, 0.717) is 24.7 Å². The third-order valence-electron chi connectivity index (χ3n) is 2.99. The lowest BCUT2D eigenvalue weighted by molar-refractivity contribution is -0.0175. The molecule has 1 aromatic heterocycles. The van der Waals surface area contributed by atoms with E-state index in [1.807, 2.05) is 7.05 Å². The van der Waals surface area contributed by atoms with Crippen molar-refractivity contribution in [2.75, 3.05) is 45.7 Å². The summed E-state index contributed by atoms with van der Waals surface area (Å²) < 4.78 is 5.57. The van der Waals surface area contributed by atoms with Crippen LogP contribution in [-0.4, -0.2) is 67.4 Å². The molecule has 2 rings (SSSR count). The molecule has 0 spiro atoms. The van der Waals surface area contributed by atoms with Gasteiger partial charge >= 0.3 is 0 Å². The summed E-state index contributed by atoms with van der Waals surface area (Å²) in [6.45, 7) is 2.94. The molecule has 1 saturated heterocycles. The van der Waals surface area contributed by atoms with Crippen LogP contribution in [0.2, 0.25) is 0 Å². The van der Waals surface area contributed by atoms with Gasteiger partial charge in [0.15, 0.2) is 5.69 Å². The van der Waals surface area contributed by atoms with Crippen LogP contribution in [0.5, 0.6) is 0 Å². The number of nitrogens with zero attached hydrogens (tertiary/aromatic N) is 3. The maximum atomic E-state index is 11.9. The topological polar surface area (TPSA) is 79.4 Å². The molecule has 19 heavy (non-hydrogen) atoms. The van der Waals surface area contributed by atoms with Gasteiger partial charge in [-0.3, -0.25) is 4.79 Å². The first-order valence-corrected chi connectivity index (χ1v) is 6.29. The fourth-order valence-electron chi connectivity index (χ4n) is 1.87. The number of nitrogens with one attached hydrogen (secondary N) is 2. The van der Waals surface area contributed by atoms with Gasteiger partial charge in [0.25, 0.3) is 5.91 Å². The summed E-state index contributed by atoms with van der Waals surface area (Å²) in [4.78, 5) is 14.0. The standard InChI is InChI=1S/C12H19N5O2/c1-13-11-4-3-10(15-16-11)12(18)14-7-9-8-17(2)5-6-19-9/h3-4,9H,5-8H2,1-2H3,(H,13,16)(H,14,18). The monoisotopic (exact) mass is 265 g/mol. The lowest BCUT2D eigenvalue weighted by atomic mass is 10.2. The maximum Gasteiger partial charge on any atom is 0.271 e. The Hall–Kier alpha value is -1.73. The molecule has 1 aromatic rings. The van der Waals surface area contributed by atoms with Crippen molar-refractivity contribution in [3.8, 4) is 0 Å². The average molecular weight is 265 g/mol. The molecule has 1 unspecified atom stereocenters. The fraction of sp³-hybridized carbons (Fsp3) is 0.583. The van der Waals surface area contributed by atoms with Crippen molar-refractivity contribution in [1.29, 1.82) is 0 Å². The van der Waals surface area contributed by atoms with Gasteiger partial charge in [0.1, 0.15) is 5.82 Å². The summed E-state index contributed by atoms with van der Waals surface area (Å²) in [6, 6.07) is 3.36. The SMILES string of the molecule is CNc1ccc(C(=O)NCC2CN(C)CCO2)nn1. The smallest absolute Gasteiger partial charge is 0.271 e. The highest BCUT2D eigenvalue weighted by Crippen LogP contribution is 2.03. The van der Waals surface area contributed by atoms with Crippen molar-refractivity contribution >= 4 is 11.7 Å². The number of ether oxygens (including phenoxy) is 1. The van der Waals surface area contributed by atoms with Crippen molar-refractivity contribution < 1.29 is 9.53 Å². The summed E-state index contributed by atoms with van der Waals surface area (Å²) in [7, 11) is 3.79. The van der Waals surface area contributed by atoms with Crippen molar-refractivity contribution in [3.05, 3.63) is 17.8 Å². The molecule has 0 aromatic carbocycles. The minimum atomic E-state index is -0.230. The number of morpholine rings is 1. The molecule has 104 valence electrons. The molecular weight excluding hydrogens is 246 g/mol. The van der Waals surface area contributed by atoms with Gasteiger partial charge < -0.3 is 20.3 Å². The van der Waals surface area contributed by atoms with Gasteiger partial charge in [0.2, 0.25) is 0 Å². The summed E-state index contributed by atoms with van der Waals surface area (Å²) in [5.74, 6) is 0.403. The van der Waals surface area contributed by atoms with E-state index in [9.17, 15) is 4.79 Å². The van der Waals surface area contributed by atoms with Crippen LogP contribution >= 0.6 is 0 Å². The number of rotatable bonds is 4. The maximum absolute atomic E-state index is 11.9. The predicted octanol–water partition coefficient (Wildman–Crippen LogP) is -0.421. The van der Waals surface area contributed by atoms with Gasteiger partial charge in [-0.2, -0.15) is 0 Å². The molecule has 0 aliphatic carbocycles. The van der Waals surface area contributed by atoms with Crippen molar-refractivity contribution in [2.45, 2.75) is 6.10 Å². The van der Waals surface area contributed by atoms with Gasteiger partial charge in [-0.1, -0.05) is 0 Å². The van der Waals surface area contributed by atoms with E-state index < -0.39 is 0 Å². The van der Waals surface area contributed by atoms with E-state index in [2.05, 4.69) is 25.7 Å². The van der Waals surface area contributed by atoms with Crippen LogP contribution in [0.25, 0.3) is 0 Å². The van der Waals surface area contributed by atoms with Crippen LogP contribution < -0.4 is 10.6 Å². The van der Waals surface area contributed by atoms with Crippen LogP contribution in [0.1, 0.15) is 10.5 Å². The van der Waals surface area contributed by atoms with Crippen LogP contribution in [0.4, 0.5) is 5.82 Å². The zero-order valence-electron chi connectivity index (χ0n) is 11.2. The Labute approximate surface area is 112 Å². The molecular formula is C12H19N5O2. The molecule has 2 heterocycles. The third kappa shape index (κ3) is 3.87. The van der Waals surface area contributed by atoms with E-state index in [1.54, 1.807) is 19.2 Å². The van der Waals surface area contributed by atoms with Gasteiger partial charge in [-0.15, -0.1) is 10.2 Å². The number of likely N-dealkylation sites (N-methyl/N-ethyl adjacent to an activating group) is 1. The molecule has 0 saturated carbocycles. The minimum absolute atomic E-state index is 0.0345. The number of anilines is 1. The van der Waals surface area contributed by atoms with Crippen LogP contribution in [0.15, 0.2) is 12.1 Å². The highest BCUT2D eigenvalue weighted by molar-refractivity contribution is 5.92. The largest absolute Gasteiger partial charge is 0.374 e. The summed E-state index contributed by atoms with van der Waals surface area (Å²) in [6.07, 6.45) is 0.0345. The number of carbonyl (C=O) groups excluding carboxylic acids is 1. The van der Waals surface area contributed by atoms with E-state index in [0.717, 1.165) is 13.1 Å². The van der Waals surface area contributed by atoms with Crippen LogP contribution in [0, 0.1) is 0 Å². The second-order valence-corrected chi connectivity index (χ2v) is 4.52. The van der Waals surface area contributed by atoms with E-state index in [1.165, 1.54) is 0 Å². The summed E-state index contributed by atoms with van der Waals surface area (Å²) >= 11 is 0. The average Bonchev–Trinajstić information content (AvgIpc) is 2.45. The van der Waals surface area contributed by atoms with E-state index in [4.69, 9.17) is 4.74 Å². The normalized spacial score (nSPS) is 20.0. The first-order chi connectivity index (χ1) is 9.19. The highest BCUT2D eigenvalue weighted by atomic mass is 16.5. The molecule has 1 amide bonds. The van der Waals surface area contributed by atoms with Crippen molar-refractivity contribution in [3.63, 3.8) is 0 Å². The Balaban J connectivity index is 1.83. The first kappa shape index (κ1) is 13.7. The second kappa shape index (κ2) is 6.44. The second-order valence-electron chi connectivity index (χ2n) is 4.52. The van der Waals surface area contributed by atoms with E-state index in [-0.39, 0.29) is 12.0 Å². The van der Waals surface area contributed by atoms with Crippen LogP contribution in [0.3, 0.4) is 0 Å². The van der Waals surface area contributed by atoms with Gasteiger partial charge in [-0.25, -0.2) is 0 Å². The van der Waals surface area contributed by atoms with Crippen LogP contribution in [-0.2, 0) is 4.74 Å². The Morgan fingerprint density at radius 1 is 1.53 bits per heavy atom. The number of aromatic nitrogens is 2. The number of amides is 1. The Bertz CT molecular complexity index is 423. The summed E-state index contributed by atoms with van der Waals surface area (Å²) in [5, 5.41) is 13.4. The molecule has 7 nitrogen and oxygen atoms in total. The Morgan fingerprint density at radius 2 is 2.37 bits per heavy atom. The lowest BCUT2D eigenvalue weighted by Gasteiger charge is -2.30. The van der Waals surface area contributed by atoms with Gasteiger partial charge in [0, 0.05) is 26.7 Å². The molecule has 2 N–H and O–H groups in total. The number of hydrogen-bond acceptors (Lipinski definition) is 6. The number of hydrogen-bond donors (Lipinski definition) is 2. The molecule has 7 heteroatoms. The molecule has 1 fully saturated rings. The van der Waals surface area contributed by atoms with Crippen molar-refractivity contribution in [1.82, 2.24) is 20.4 Å². The van der Waals surface area contributed by atoms with Gasteiger partial charge in [-0.05, 0) is 19.2 Å². The number of carbonyl (C=O) groups is 1. The quantitative estimate of drug-likeness (QED) is 0.769. The Morgan fingerprint density at radius 3 is 3.00 bits per heavy atom. The fourth-order valence-corrected chi connectivity index (χ4v) is 1.87. The molecule has 0 bridgehead atoms. The van der Waals surface area contributed by atoms with Crippen molar-refractivity contribution in [2.24, 2.45) is 0 Å². The predicted molar refractivity (Wildman–Crippen MR) is 71.1 cm³/mol. The third-order valence-corrected chi connectivity index (χ3v) is 2.99. The Kier molecular flexibility index (Phi) is 4.64. The molecule has 1 aliphatic rings. The summed E-state index contributed by atoms with van der Waals surface area (Å²) in [5.41, 5.74) is 0.308. The molecule has 1 atom stereocenters. The van der Waals surface area contributed by atoms with E-state index >= 15 is 0 Å². The molecule has 1 aliphatic heterocycles. The highest BCUT2D eigenvalue weighted by Gasteiger charge is 2.18. The first-order valence-electron chi connectivity index (χ1n) is 6.29. The zero-order valence-corrected chi connectivity index (χ0v) is 11.2. The molecule has 0 radical (unpaired) electrons. The zero-order chi connectivity index (χ0) is 13.7. The van der Waals surface area contributed by atoms with Gasteiger partial charge in [0.05, 0.1) is 12.7 Å². The minimum Gasteiger partial charge on any atom is -0.374 e. The lowest BCUT2D eigenvalue weighted by Crippen LogP contribution is -2.46.